The lowest BCUT2D eigenvalue weighted by molar-refractivity contribution is 0.102. The van der Waals surface area contributed by atoms with E-state index in [1.807, 2.05) is 13.0 Å². The first-order chi connectivity index (χ1) is 9.10. The summed E-state index contributed by atoms with van der Waals surface area (Å²) >= 11 is 5.73. The number of carbonyl (C=O) groups excluding carboxylic acids is 1. The molecule has 98 valence electrons. The molecule has 0 aliphatic rings. The quantitative estimate of drug-likeness (QED) is 0.595. The zero-order valence-electron chi connectivity index (χ0n) is 10.3. The Morgan fingerprint density at radius 2 is 2.11 bits per heavy atom. The third kappa shape index (κ3) is 3.21. The van der Waals surface area contributed by atoms with Crippen LogP contribution in [0.2, 0.25) is 5.02 Å². The Morgan fingerprint density at radius 3 is 2.74 bits per heavy atom. The van der Waals surface area contributed by atoms with E-state index in [0.29, 0.717) is 22.1 Å². The van der Waals surface area contributed by atoms with Crippen LogP contribution in [0.25, 0.3) is 0 Å². The van der Waals surface area contributed by atoms with Crippen molar-refractivity contribution in [1.29, 1.82) is 0 Å². The van der Waals surface area contributed by atoms with E-state index < -0.39 is 0 Å². The number of benzene rings is 1. The van der Waals surface area contributed by atoms with Crippen LogP contribution in [-0.2, 0) is 0 Å². The lowest BCUT2D eigenvalue weighted by atomic mass is 10.1. The van der Waals surface area contributed by atoms with E-state index >= 15 is 0 Å². The van der Waals surface area contributed by atoms with Crippen LogP contribution in [0.5, 0.6) is 0 Å². The molecule has 0 spiro atoms. The van der Waals surface area contributed by atoms with E-state index in [4.69, 9.17) is 17.4 Å². The second-order valence-corrected chi connectivity index (χ2v) is 4.45. The van der Waals surface area contributed by atoms with E-state index in [1.54, 1.807) is 24.3 Å². The van der Waals surface area contributed by atoms with Gasteiger partial charge in [0.15, 0.2) is 0 Å². The van der Waals surface area contributed by atoms with Gasteiger partial charge < -0.3 is 10.7 Å². The zero-order chi connectivity index (χ0) is 13.8. The highest BCUT2D eigenvalue weighted by Crippen LogP contribution is 2.18. The highest BCUT2D eigenvalue weighted by Gasteiger charge is 2.11. The van der Waals surface area contributed by atoms with Crippen molar-refractivity contribution in [3.05, 3.63) is 52.7 Å². The van der Waals surface area contributed by atoms with Gasteiger partial charge in [-0.2, -0.15) is 0 Å². The van der Waals surface area contributed by atoms with Gasteiger partial charge in [0.25, 0.3) is 5.91 Å². The topological polar surface area (TPSA) is 80.0 Å². The molecule has 0 aliphatic heterocycles. The minimum atomic E-state index is -0.289. The average molecular weight is 277 g/mol. The Labute approximate surface area is 115 Å². The highest BCUT2D eigenvalue weighted by molar-refractivity contribution is 6.30. The van der Waals surface area contributed by atoms with Gasteiger partial charge in [-0.15, -0.1) is 0 Å². The lowest BCUT2D eigenvalue weighted by Crippen LogP contribution is -2.17. The summed E-state index contributed by atoms with van der Waals surface area (Å²) in [4.78, 5) is 16.1. The predicted molar refractivity (Wildman–Crippen MR) is 76.2 cm³/mol. The number of aryl methyl sites for hydroxylation is 1. The molecular formula is C13H13ClN4O. The predicted octanol–water partition coefficient (Wildman–Crippen LogP) is 2.58. The first-order valence-electron chi connectivity index (χ1n) is 5.60. The van der Waals surface area contributed by atoms with E-state index in [0.717, 1.165) is 5.56 Å². The van der Waals surface area contributed by atoms with Crippen molar-refractivity contribution in [2.45, 2.75) is 6.92 Å². The van der Waals surface area contributed by atoms with Gasteiger partial charge in [0.05, 0.1) is 16.3 Å². The van der Waals surface area contributed by atoms with Gasteiger partial charge >= 0.3 is 0 Å². The van der Waals surface area contributed by atoms with Crippen molar-refractivity contribution < 1.29 is 4.79 Å². The number of hydrogen-bond donors (Lipinski definition) is 3. The number of nitrogen functional groups attached to an aromatic ring is 1. The number of pyridine rings is 1. The van der Waals surface area contributed by atoms with Crippen molar-refractivity contribution in [2.75, 3.05) is 10.7 Å². The molecule has 0 aliphatic carbocycles. The number of amides is 1. The minimum Gasteiger partial charge on any atom is -0.323 e. The third-order valence-electron chi connectivity index (χ3n) is 2.54. The summed E-state index contributed by atoms with van der Waals surface area (Å²) in [5, 5.41) is 3.19. The summed E-state index contributed by atoms with van der Waals surface area (Å²) < 4.78 is 0. The van der Waals surface area contributed by atoms with Crippen LogP contribution in [0.15, 0.2) is 36.5 Å². The SMILES string of the molecule is Cc1ccc(C(=O)Nc2ccc(Cl)cn2)c(NN)c1. The number of nitrogens with two attached hydrogens (primary N) is 1. The fourth-order valence-electron chi connectivity index (χ4n) is 1.61. The van der Waals surface area contributed by atoms with Crippen molar-refractivity contribution in [3.8, 4) is 0 Å². The molecule has 2 aromatic rings. The monoisotopic (exact) mass is 276 g/mol. The van der Waals surface area contributed by atoms with E-state index in [-0.39, 0.29) is 5.91 Å². The maximum absolute atomic E-state index is 12.1. The number of carbonyl (C=O) groups is 1. The number of anilines is 2. The van der Waals surface area contributed by atoms with Gasteiger partial charge in [-0.05, 0) is 36.8 Å². The first-order valence-corrected chi connectivity index (χ1v) is 5.98. The molecule has 2 rings (SSSR count). The molecule has 19 heavy (non-hydrogen) atoms. The molecule has 0 saturated heterocycles. The van der Waals surface area contributed by atoms with Gasteiger partial charge in [0.1, 0.15) is 5.82 Å². The Morgan fingerprint density at radius 1 is 1.32 bits per heavy atom. The fraction of sp³-hybridized carbons (Fsp3) is 0.0769. The fourth-order valence-corrected chi connectivity index (χ4v) is 1.72. The summed E-state index contributed by atoms with van der Waals surface area (Å²) in [5.74, 6) is 5.55. The number of hydrogen-bond acceptors (Lipinski definition) is 4. The molecule has 1 heterocycles. The molecular weight excluding hydrogens is 264 g/mol. The molecule has 0 unspecified atom stereocenters. The van der Waals surface area contributed by atoms with Crippen LogP contribution in [-0.4, -0.2) is 10.9 Å². The third-order valence-corrected chi connectivity index (χ3v) is 2.77. The molecule has 0 atom stereocenters. The summed E-state index contributed by atoms with van der Waals surface area (Å²) in [7, 11) is 0. The van der Waals surface area contributed by atoms with Crippen LogP contribution in [0.1, 0.15) is 15.9 Å². The minimum absolute atomic E-state index is 0.289. The smallest absolute Gasteiger partial charge is 0.258 e. The van der Waals surface area contributed by atoms with Crippen molar-refractivity contribution in [1.82, 2.24) is 4.98 Å². The highest BCUT2D eigenvalue weighted by atomic mass is 35.5. The second kappa shape index (κ2) is 5.69. The van der Waals surface area contributed by atoms with Crippen molar-refractivity contribution >= 4 is 29.0 Å². The Kier molecular flexibility index (Phi) is 3.99. The van der Waals surface area contributed by atoms with Crippen LogP contribution in [0.3, 0.4) is 0 Å². The molecule has 6 heteroatoms. The normalized spacial score (nSPS) is 10.1. The summed E-state index contributed by atoms with van der Waals surface area (Å²) in [5.41, 5.74) is 4.53. The van der Waals surface area contributed by atoms with Crippen LogP contribution >= 0.6 is 11.6 Å². The molecule has 0 saturated carbocycles. The number of nitrogens with zero attached hydrogens (tertiary/aromatic N) is 1. The molecule has 1 aromatic carbocycles. The van der Waals surface area contributed by atoms with E-state index in [9.17, 15) is 4.79 Å². The zero-order valence-corrected chi connectivity index (χ0v) is 11.0. The first kappa shape index (κ1) is 13.3. The van der Waals surface area contributed by atoms with Crippen molar-refractivity contribution in [3.63, 3.8) is 0 Å². The lowest BCUT2D eigenvalue weighted by Gasteiger charge is -2.10. The molecule has 4 N–H and O–H groups in total. The molecule has 1 amide bonds. The molecule has 1 aromatic heterocycles. The maximum Gasteiger partial charge on any atom is 0.258 e. The Balaban J connectivity index is 2.22. The summed E-state index contributed by atoms with van der Waals surface area (Å²) in [6, 6.07) is 8.62. The summed E-state index contributed by atoms with van der Waals surface area (Å²) in [6.45, 7) is 1.92. The number of halogens is 1. The molecule has 0 radical (unpaired) electrons. The average Bonchev–Trinajstić information content (AvgIpc) is 2.41. The molecule has 0 fully saturated rings. The van der Waals surface area contributed by atoms with E-state index in [1.165, 1.54) is 6.20 Å². The summed E-state index contributed by atoms with van der Waals surface area (Å²) in [6.07, 6.45) is 1.47. The Hall–Kier alpha value is -2.11. The number of aromatic nitrogens is 1. The molecule has 5 nitrogen and oxygen atoms in total. The number of hydrazine groups is 1. The van der Waals surface area contributed by atoms with Gasteiger partial charge in [0, 0.05) is 6.20 Å². The van der Waals surface area contributed by atoms with Gasteiger partial charge in [0.2, 0.25) is 0 Å². The largest absolute Gasteiger partial charge is 0.323 e. The van der Waals surface area contributed by atoms with Gasteiger partial charge in [-0.25, -0.2) is 4.98 Å². The molecule has 0 bridgehead atoms. The van der Waals surface area contributed by atoms with Gasteiger partial charge in [-0.1, -0.05) is 17.7 Å². The van der Waals surface area contributed by atoms with Crippen LogP contribution in [0, 0.1) is 6.92 Å². The number of nitrogens with one attached hydrogen (secondary N) is 2. The standard InChI is InChI=1S/C13H13ClN4O/c1-8-2-4-10(11(6-8)18-15)13(19)17-12-5-3-9(14)7-16-12/h2-7,18H,15H2,1H3,(H,16,17,19). The maximum atomic E-state index is 12.1. The van der Waals surface area contributed by atoms with Crippen molar-refractivity contribution in [2.24, 2.45) is 5.84 Å². The number of rotatable bonds is 3. The second-order valence-electron chi connectivity index (χ2n) is 4.01. The Bertz CT molecular complexity index is 598. The van der Waals surface area contributed by atoms with Gasteiger partial charge in [-0.3, -0.25) is 10.6 Å². The van der Waals surface area contributed by atoms with E-state index in [2.05, 4.69) is 15.7 Å². The van der Waals surface area contributed by atoms with Crippen LogP contribution < -0.4 is 16.6 Å². The van der Waals surface area contributed by atoms with Crippen LogP contribution in [0.4, 0.5) is 11.5 Å².